The van der Waals surface area contributed by atoms with Crippen molar-refractivity contribution in [3.63, 3.8) is 0 Å². The fourth-order valence-electron chi connectivity index (χ4n) is 1.62. The zero-order valence-corrected chi connectivity index (χ0v) is 10.1. The summed E-state index contributed by atoms with van der Waals surface area (Å²) in [5.74, 6) is 0.428. The van der Waals surface area contributed by atoms with Gasteiger partial charge in [-0.2, -0.15) is 0 Å². The molecule has 0 atom stereocenters. The van der Waals surface area contributed by atoms with E-state index in [1.165, 1.54) is 11.8 Å². The van der Waals surface area contributed by atoms with E-state index in [1.54, 1.807) is 24.5 Å². The summed E-state index contributed by atoms with van der Waals surface area (Å²) in [5, 5.41) is 3.48. The van der Waals surface area contributed by atoms with Crippen molar-refractivity contribution in [1.82, 2.24) is 9.97 Å². The molecule has 7 heteroatoms. The maximum absolute atomic E-state index is 11.2. The summed E-state index contributed by atoms with van der Waals surface area (Å²) < 4.78 is 5.28. The molecular weight excluding hydrogens is 252 g/mol. The minimum atomic E-state index is -0.166. The van der Waals surface area contributed by atoms with E-state index in [1.807, 2.05) is 0 Å². The van der Waals surface area contributed by atoms with Crippen LogP contribution in [0.15, 0.2) is 34.6 Å². The lowest BCUT2D eigenvalue weighted by molar-refractivity contribution is -0.118. The zero-order chi connectivity index (χ0) is 12.5. The molecule has 6 nitrogen and oxygen atoms in total. The normalized spacial score (nSPS) is 13.7. The van der Waals surface area contributed by atoms with Crippen molar-refractivity contribution < 1.29 is 9.53 Å². The summed E-state index contributed by atoms with van der Waals surface area (Å²) in [6, 6.07) is 3.50. The largest absolute Gasteiger partial charge is 0.482 e. The van der Waals surface area contributed by atoms with Gasteiger partial charge in [0.15, 0.2) is 11.8 Å². The summed E-state index contributed by atoms with van der Waals surface area (Å²) in [5.41, 5.74) is 7.16. The van der Waals surface area contributed by atoms with E-state index in [-0.39, 0.29) is 12.5 Å². The lowest BCUT2D eigenvalue weighted by Crippen LogP contribution is -2.25. The minimum Gasteiger partial charge on any atom is -0.482 e. The van der Waals surface area contributed by atoms with E-state index in [0.717, 1.165) is 10.1 Å². The molecule has 0 bridgehead atoms. The first kappa shape index (κ1) is 11.0. The number of amides is 1. The van der Waals surface area contributed by atoms with Gasteiger partial charge in [-0.15, -0.1) is 0 Å². The summed E-state index contributed by atoms with van der Waals surface area (Å²) in [6.07, 6.45) is 3.41. The lowest BCUT2D eigenvalue weighted by Gasteiger charge is -2.19. The van der Waals surface area contributed by atoms with Crippen molar-refractivity contribution in [2.75, 3.05) is 17.7 Å². The van der Waals surface area contributed by atoms with Gasteiger partial charge in [0.2, 0.25) is 0 Å². The van der Waals surface area contributed by atoms with Gasteiger partial charge in [-0.1, -0.05) is 0 Å². The molecule has 1 aliphatic rings. The third-order valence-electron chi connectivity index (χ3n) is 2.42. The Bertz CT molecular complexity index is 597. The van der Waals surface area contributed by atoms with E-state index < -0.39 is 0 Å². The number of aromatic nitrogens is 2. The molecule has 1 amide bonds. The summed E-state index contributed by atoms with van der Waals surface area (Å²) in [7, 11) is 0. The first-order valence-corrected chi connectivity index (χ1v) is 6.07. The van der Waals surface area contributed by atoms with Crippen LogP contribution in [0.4, 0.5) is 11.4 Å². The van der Waals surface area contributed by atoms with Crippen LogP contribution < -0.4 is 15.8 Å². The number of nitrogens with zero attached hydrogens (tertiary/aromatic N) is 1. The molecule has 18 heavy (non-hydrogen) atoms. The fraction of sp³-hybridized carbons (Fsp3) is 0.0909. The molecule has 0 saturated carbocycles. The number of carbonyl (C=O) groups is 1. The van der Waals surface area contributed by atoms with Gasteiger partial charge in [-0.3, -0.25) is 4.79 Å². The van der Waals surface area contributed by atoms with Crippen LogP contribution in [-0.2, 0) is 4.79 Å². The van der Waals surface area contributed by atoms with Crippen LogP contribution in [0, 0.1) is 0 Å². The molecule has 1 aromatic carbocycles. The molecule has 0 fully saturated rings. The number of nitrogen functional groups attached to an aromatic ring is 1. The minimum absolute atomic E-state index is 0.0249. The monoisotopic (exact) mass is 262 g/mol. The Morgan fingerprint density at radius 2 is 2.33 bits per heavy atom. The van der Waals surface area contributed by atoms with Crippen molar-refractivity contribution in [2.45, 2.75) is 10.1 Å². The predicted octanol–water partition coefficient (Wildman–Crippen LogP) is 1.47. The highest BCUT2D eigenvalue weighted by Crippen LogP contribution is 2.38. The Hall–Kier alpha value is -2.15. The highest BCUT2D eigenvalue weighted by atomic mass is 32.2. The topological polar surface area (TPSA) is 93.0 Å². The SMILES string of the molecule is Nc1cc2c(cc1Sc1ncc[nH]1)NC(=O)CO2. The van der Waals surface area contributed by atoms with Crippen LogP contribution in [0.1, 0.15) is 0 Å². The van der Waals surface area contributed by atoms with E-state index in [2.05, 4.69) is 15.3 Å². The second-order valence-electron chi connectivity index (χ2n) is 3.72. The molecule has 4 N–H and O–H groups in total. The summed E-state index contributed by atoms with van der Waals surface area (Å²) >= 11 is 1.40. The van der Waals surface area contributed by atoms with Gasteiger partial charge < -0.3 is 20.8 Å². The third-order valence-corrected chi connectivity index (χ3v) is 3.41. The molecule has 0 aliphatic carbocycles. The average molecular weight is 262 g/mol. The zero-order valence-electron chi connectivity index (χ0n) is 9.27. The van der Waals surface area contributed by atoms with Crippen molar-refractivity contribution >= 4 is 29.0 Å². The van der Waals surface area contributed by atoms with Crippen molar-refractivity contribution in [2.24, 2.45) is 0 Å². The number of aromatic amines is 1. The molecule has 1 aliphatic heterocycles. The number of nitrogens with two attached hydrogens (primary N) is 1. The van der Waals surface area contributed by atoms with Gasteiger partial charge in [0.1, 0.15) is 5.75 Å². The second kappa shape index (κ2) is 4.26. The van der Waals surface area contributed by atoms with Gasteiger partial charge in [0.05, 0.1) is 5.69 Å². The summed E-state index contributed by atoms with van der Waals surface area (Å²) in [4.78, 5) is 19.2. The molecule has 0 radical (unpaired) electrons. The Morgan fingerprint density at radius 3 is 3.11 bits per heavy atom. The molecule has 2 heterocycles. The Morgan fingerprint density at radius 1 is 1.44 bits per heavy atom. The van der Waals surface area contributed by atoms with Gasteiger partial charge in [0, 0.05) is 29.0 Å². The molecule has 92 valence electrons. The number of anilines is 2. The van der Waals surface area contributed by atoms with E-state index in [4.69, 9.17) is 10.5 Å². The van der Waals surface area contributed by atoms with Gasteiger partial charge in [0.25, 0.3) is 5.91 Å². The Kier molecular flexibility index (Phi) is 2.60. The van der Waals surface area contributed by atoms with Gasteiger partial charge in [-0.05, 0) is 17.8 Å². The van der Waals surface area contributed by atoms with Crippen molar-refractivity contribution in [3.8, 4) is 5.75 Å². The number of benzene rings is 1. The number of H-pyrrole nitrogens is 1. The number of nitrogens with one attached hydrogen (secondary N) is 2. The van der Waals surface area contributed by atoms with Crippen LogP contribution in [0.5, 0.6) is 5.75 Å². The van der Waals surface area contributed by atoms with E-state index in [9.17, 15) is 4.79 Å². The second-order valence-corrected chi connectivity index (χ2v) is 4.75. The Labute approximate surface area is 107 Å². The molecular formula is C11H10N4O2S. The number of hydrogen-bond donors (Lipinski definition) is 3. The number of fused-ring (bicyclic) bond motifs is 1. The smallest absolute Gasteiger partial charge is 0.262 e. The first-order valence-electron chi connectivity index (χ1n) is 5.26. The van der Waals surface area contributed by atoms with Crippen LogP contribution >= 0.6 is 11.8 Å². The highest BCUT2D eigenvalue weighted by molar-refractivity contribution is 7.99. The predicted molar refractivity (Wildman–Crippen MR) is 67.7 cm³/mol. The maximum Gasteiger partial charge on any atom is 0.262 e. The number of imidazole rings is 1. The van der Waals surface area contributed by atoms with Gasteiger partial charge >= 0.3 is 0 Å². The maximum atomic E-state index is 11.2. The van der Waals surface area contributed by atoms with Crippen LogP contribution in [0.25, 0.3) is 0 Å². The molecule has 0 spiro atoms. The van der Waals surface area contributed by atoms with E-state index in [0.29, 0.717) is 17.1 Å². The Balaban J connectivity index is 1.95. The lowest BCUT2D eigenvalue weighted by atomic mass is 10.2. The third kappa shape index (κ3) is 2.00. The van der Waals surface area contributed by atoms with Crippen LogP contribution in [-0.4, -0.2) is 22.5 Å². The summed E-state index contributed by atoms with van der Waals surface area (Å²) in [6.45, 7) is 0.0249. The highest BCUT2D eigenvalue weighted by Gasteiger charge is 2.18. The number of rotatable bonds is 2. The number of carbonyl (C=O) groups excluding carboxylic acids is 1. The van der Waals surface area contributed by atoms with Gasteiger partial charge in [-0.25, -0.2) is 4.98 Å². The van der Waals surface area contributed by atoms with Crippen LogP contribution in [0.2, 0.25) is 0 Å². The molecule has 1 aromatic heterocycles. The molecule has 3 rings (SSSR count). The first-order chi connectivity index (χ1) is 8.72. The van der Waals surface area contributed by atoms with Crippen molar-refractivity contribution in [3.05, 3.63) is 24.5 Å². The quantitative estimate of drug-likeness (QED) is 0.713. The molecule has 0 unspecified atom stereocenters. The molecule has 2 aromatic rings. The number of ether oxygens (including phenoxy) is 1. The van der Waals surface area contributed by atoms with E-state index >= 15 is 0 Å². The number of hydrogen-bond acceptors (Lipinski definition) is 5. The van der Waals surface area contributed by atoms with Crippen molar-refractivity contribution in [1.29, 1.82) is 0 Å². The molecule has 0 saturated heterocycles. The average Bonchev–Trinajstić information content (AvgIpc) is 2.83. The standard InChI is InChI=1S/C11H10N4O2S/c12-6-3-8-7(15-10(16)5-17-8)4-9(6)18-11-13-1-2-14-11/h1-4H,5,12H2,(H,13,14)(H,15,16). The van der Waals surface area contributed by atoms with Crippen LogP contribution in [0.3, 0.4) is 0 Å². The fourth-order valence-corrected chi connectivity index (χ4v) is 2.42.